The highest BCUT2D eigenvalue weighted by molar-refractivity contribution is 6.31. The first-order valence-corrected chi connectivity index (χ1v) is 15.2. The van der Waals surface area contributed by atoms with E-state index in [0.717, 1.165) is 25.9 Å². The van der Waals surface area contributed by atoms with E-state index in [1.807, 2.05) is 12.1 Å². The van der Waals surface area contributed by atoms with Gasteiger partial charge in [-0.1, -0.05) is 35.9 Å². The van der Waals surface area contributed by atoms with Gasteiger partial charge in [-0.15, -0.1) is 0 Å². The molecular weight excluding hydrogens is 608 g/mol. The topological polar surface area (TPSA) is 163 Å². The van der Waals surface area contributed by atoms with E-state index < -0.39 is 42.3 Å². The summed E-state index contributed by atoms with van der Waals surface area (Å²) < 4.78 is 16.9. The molecule has 45 heavy (non-hydrogen) atoms. The Morgan fingerprint density at radius 1 is 1.09 bits per heavy atom. The molecule has 2 aromatic rings. The number of methoxy groups -OCH3 is 1. The summed E-state index contributed by atoms with van der Waals surface area (Å²) in [4.78, 5) is 52.7. The molecule has 12 nitrogen and oxygen atoms in total. The van der Waals surface area contributed by atoms with Crippen LogP contribution in [-0.4, -0.2) is 100 Å². The highest BCUT2D eigenvalue weighted by atomic mass is 35.5. The van der Waals surface area contributed by atoms with Crippen LogP contribution in [-0.2, 0) is 47.3 Å². The van der Waals surface area contributed by atoms with E-state index in [4.69, 9.17) is 30.9 Å². The van der Waals surface area contributed by atoms with Crippen molar-refractivity contribution >= 4 is 35.4 Å². The lowest BCUT2D eigenvalue weighted by molar-refractivity contribution is -0.169. The van der Waals surface area contributed by atoms with Crippen LogP contribution in [0, 0.1) is 5.92 Å². The number of carboxylic acids is 2. The molecule has 3 aliphatic rings. The van der Waals surface area contributed by atoms with Gasteiger partial charge in [0.25, 0.3) is 0 Å². The number of rotatable bonds is 12. The van der Waals surface area contributed by atoms with Gasteiger partial charge in [0, 0.05) is 44.9 Å². The third-order valence-corrected chi connectivity index (χ3v) is 9.36. The van der Waals surface area contributed by atoms with Crippen LogP contribution in [0.15, 0.2) is 42.5 Å². The van der Waals surface area contributed by atoms with Crippen molar-refractivity contribution in [2.24, 2.45) is 5.92 Å². The van der Waals surface area contributed by atoms with Gasteiger partial charge in [-0.2, -0.15) is 0 Å². The smallest absolute Gasteiger partial charge is 0.336 e. The lowest BCUT2D eigenvalue weighted by Crippen LogP contribution is -2.57. The van der Waals surface area contributed by atoms with Crippen molar-refractivity contribution < 1.29 is 48.7 Å². The van der Waals surface area contributed by atoms with E-state index in [0.29, 0.717) is 36.8 Å². The third kappa shape index (κ3) is 7.31. The summed E-state index contributed by atoms with van der Waals surface area (Å²) in [6.07, 6.45) is -0.414. The average Bonchev–Trinajstić information content (AvgIpc) is 3.32. The number of amides is 1. The van der Waals surface area contributed by atoms with Crippen molar-refractivity contribution in [3.63, 3.8) is 0 Å². The number of fused-ring (bicyclic) bond motifs is 2. The van der Waals surface area contributed by atoms with Gasteiger partial charge in [0.2, 0.25) is 5.91 Å². The van der Waals surface area contributed by atoms with Crippen molar-refractivity contribution in [3.05, 3.63) is 64.2 Å². The van der Waals surface area contributed by atoms with Gasteiger partial charge in [-0.3, -0.25) is 14.4 Å². The lowest BCUT2D eigenvalue weighted by Gasteiger charge is -2.43. The molecule has 13 heteroatoms. The summed E-state index contributed by atoms with van der Waals surface area (Å²) in [5.41, 5.74) is -0.134. The maximum Gasteiger partial charge on any atom is 0.336 e. The lowest BCUT2D eigenvalue weighted by atomic mass is 9.83. The SMILES string of the molecule is COC1CN(C(=O)C(Cc2cc(OC(=O)CC(O)(CC(=O)O)C(=O)O)ccc2Cl)CN2CCC3(CC2)OCc2ccccc23)C1. The van der Waals surface area contributed by atoms with Crippen molar-refractivity contribution in [1.82, 2.24) is 9.80 Å². The molecule has 0 aromatic heterocycles. The zero-order chi connectivity index (χ0) is 32.4. The zero-order valence-corrected chi connectivity index (χ0v) is 25.7. The van der Waals surface area contributed by atoms with Crippen molar-refractivity contribution in [3.8, 4) is 5.75 Å². The Morgan fingerprint density at radius 3 is 2.47 bits per heavy atom. The Bertz CT molecular complexity index is 1450. The molecule has 2 atom stereocenters. The number of aliphatic carboxylic acids is 2. The van der Waals surface area contributed by atoms with Gasteiger partial charge < -0.3 is 39.3 Å². The van der Waals surface area contributed by atoms with Crippen LogP contribution in [0.1, 0.15) is 42.4 Å². The molecule has 2 saturated heterocycles. The molecule has 242 valence electrons. The van der Waals surface area contributed by atoms with Crippen molar-refractivity contribution in [2.75, 3.05) is 39.8 Å². The maximum atomic E-state index is 13.7. The monoisotopic (exact) mass is 644 g/mol. The van der Waals surface area contributed by atoms with Crippen molar-refractivity contribution in [2.45, 2.75) is 56.0 Å². The number of aliphatic hydroxyl groups is 1. The number of carbonyl (C=O) groups excluding carboxylic acids is 2. The van der Waals surface area contributed by atoms with Crippen LogP contribution < -0.4 is 4.74 Å². The number of ether oxygens (including phenoxy) is 3. The standard InChI is InChI=1S/C32H37ClN2O10/c1-43-24-17-35(18-24)29(39)22(16-34-10-8-32(9-11-34)25-5-3-2-4-20(25)19-44-32)12-21-13-23(6-7-26(21)33)45-28(38)15-31(42,30(40)41)14-27(36)37/h2-7,13,22,24,42H,8-12,14-19H2,1H3,(H,36,37)(H,40,41). The van der Waals surface area contributed by atoms with Gasteiger partial charge in [0.15, 0.2) is 5.60 Å². The third-order valence-electron chi connectivity index (χ3n) is 8.99. The largest absolute Gasteiger partial charge is 0.481 e. The number of esters is 1. The predicted molar refractivity (Wildman–Crippen MR) is 160 cm³/mol. The Balaban J connectivity index is 1.28. The Kier molecular flexibility index (Phi) is 9.80. The highest BCUT2D eigenvalue weighted by Gasteiger charge is 2.44. The molecule has 2 unspecified atom stereocenters. The van der Waals surface area contributed by atoms with E-state index in [9.17, 15) is 29.4 Å². The van der Waals surface area contributed by atoms with Crippen LogP contribution >= 0.6 is 11.6 Å². The number of benzene rings is 2. The molecular formula is C32H37ClN2O10. The number of nitrogens with zero attached hydrogens (tertiary/aromatic N) is 2. The van der Waals surface area contributed by atoms with Crippen molar-refractivity contribution in [1.29, 1.82) is 0 Å². The molecule has 3 aliphatic heterocycles. The number of carbonyl (C=O) groups is 4. The summed E-state index contributed by atoms with van der Waals surface area (Å²) in [5, 5.41) is 28.8. The van der Waals surface area contributed by atoms with Gasteiger partial charge in [0.1, 0.15) is 5.75 Å². The fraction of sp³-hybridized carbons (Fsp3) is 0.500. The zero-order valence-electron chi connectivity index (χ0n) is 24.9. The summed E-state index contributed by atoms with van der Waals surface area (Å²) in [6, 6.07) is 12.7. The average molecular weight is 645 g/mol. The first kappa shape index (κ1) is 32.8. The quantitative estimate of drug-likeness (QED) is 0.230. The number of hydrogen-bond acceptors (Lipinski definition) is 9. The number of halogens is 1. The fourth-order valence-corrected chi connectivity index (χ4v) is 6.56. The second kappa shape index (κ2) is 13.4. The Labute approximate surface area is 265 Å². The summed E-state index contributed by atoms with van der Waals surface area (Å²) >= 11 is 6.53. The number of likely N-dealkylation sites (tertiary alicyclic amines) is 2. The first-order valence-electron chi connectivity index (χ1n) is 14.8. The first-order chi connectivity index (χ1) is 21.4. The minimum absolute atomic E-state index is 0.0130. The second-order valence-electron chi connectivity index (χ2n) is 12.1. The summed E-state index contributed by atoms with van der Waals surface area (Å²) in [7, 11) is 1.61. The van der Waals surface area contributed by atoms with Gasteiger partial charge in [-0.05, 0) is 54.2 Å². The molecule has 0 radical (unpaired) electrons. The van der Waals surface area contributed by atoms with Crippen LogP contribution in [0.25, 0.3) is 0 Å². The molecule has 0 aliphatic carbocycles. The maximum absolute atomic E-state index is 13.7. The summed E-state index contributed by atoms with van der Waals surface area (Å²) in [5.74, 6) is -5.05. The minimum Gasteiger partial charge on any atom is -0.481 e. The second-order valence-corrected chi connectivity index (χ2v) is 12.5. The van der Waals surface area contributed by atoms with Crippen LogP contribution in [0.2, 0.25) is 5.02 Å². The van der Waals surface area contributed by atoms with Crippen LogP contribution in [0.3, 0.4) is 0 Å². The summed E-state index contributed by atoms with van der Waals surface area (Å²) in [6.45, 7) is 3.55. The van der Waals surface area contributed by atoms with Gasteiger partial charge in [0.05, 0.1) is 37.1 Å². The molecule has 0 bridgehead atoms. The van der Waals surface area contributed by atoms with E-state index >= 15 is 0 Å². The molecule has 1 amide bonds. The van der Waals surface area contributed by atoms with Gasteiger partial charge in [-0.25, -0.2) is 4.79 Å². The Morgan fingerprint density at radius 2 is 1.80 bits per heavy atom. The van der Waals surface area contributed by atoms with Crippen LogP contribution in [0.5, 0.6) is 5.75 Å². The normalized spacial score (nSPS) is 19.8. The van der Waals surface area contributed by atoms with E-state index in [2.05, 4.69) is 17.0 Å². The number of piperidine rings is 1. The number of carboxylic acid groups (broad SMARTS) is 2. The Hall–Kier alpha value is -3.55. The minimum atomic E-state index is -2.83. The molecule has 5 rings (SSSR count). The van der Waals surface area contributed by atoms with E-state index in [-0.39, 0.29) is 29.8 Å². The number of hydrogen-bond donors (Lipinski definition) is 3. The molecule has 2 aromatic carbocycles. The highest BCUT2D eigenvalue weighted by Crippen LogP contribution is 2.44. The molecule has 1 spiro atoms. The molecule has 0 saturated carbocycles. The fourth-order valence-electron chi connectivity index (χ4n) is 6.37. The van der Waals surface area contributed by atoms with Crippen LogP contribution in [0.4, 0.5) is 0 Å². The van der Waals surface area contributed by atoms with Gasteiger partial charge >= 0.3 is 17.9 Å². The van der Waals surface area contributed by atoms with E-state index in [1.165, 1.54) is 29.3 Å². The van der Waals surface area contributed by atoms with E-state index in [1.54, 1.807) is 12.0 Å². The molecule has 2 fully saturated rings. The molecule has 3 N–H and O–H groups in total. The predicted octanol–water partition coefficient (Wildman–Crippen LogP) is 2.46. The molecule has 3 heterocycles.